The van der Waals surface area contributed by atoms with Crippen LogP contribution in [0.25, 0.3) is 0 Å². The van der Waals surface area contributed by atoms with Crippen LogP contribution >= 0.6 is 11.3 Å². The summed E-state index contributed by atoms with van der Waals surface area (Å²) >= 11 is 1.56. The normalized spacial score (nSPS) is 16.8. The van der Waals surface area contributed by atoms with Crippen LogP contribution in [0.4, 0.5) is 0 Å². The number of rotatable bonds is 2. The summed E-state index contributed by atoms with van der Waals surface area (Å²) in [6.07, 6.45) is 1.88. The summed E-state index contributed by atoms with van der Waals surface area (Å²) in [5.41, 5.74) is 0.803. The molecule has 0 spiro atoms. The van der Waals surface area contributed by atoms with Crippen molar-refractivity contribution in [2.24, 2.45) is 0 Å². The van der Waals surface area contributed by atoms with Crippen LogP contribution in [-0.2, 0) is 0 Å². The van der Waals surface area contributed by atoms with E-state index >= 15 is 0 Å². The van der Waals surface area contributed by atoms with Crippen molar-refractivity contribution in [3.05, 3.63) is 34.0 Å². The molecule has 1 aliphatic rings. The van der Waals surface area contributed by atoms with Crippen molar-refractivity contribution in [2.45, 2.75) is 25.7 Å². The Labute approximate surface area is 115 Å². The van der Waals surface area contributed by atoms with Crippen LogP contribution in [0.3, 0.4) is 0 Å². The zero-order valence-corrected chi connectivity index (χ0v) is 11.6. The molecule has 6 heteroatoms. The van der Waals surface area contributed by atoms with Gasteiger partial charge in [-0.05, 0) is 31.2 Å². The lowest BCUT2D eigenvalue weighted by molar-refractivity contribution is 0.0711. The largest absolute Gasteiger partial charge is 0.339 e. The van der Waals surface area contributed by atoms with E-state index in [-0.39, 0.29) is 5.91 Å². The van der Waals surface area contributed by atoms with Crippen molar-refractivity contribution in [3.63, 3.8) is 0 Å². The Morgan fingerprint density at radius 3 is 2.84 bits per heavy atom. The number of aryl methyl sites for hydroxylation is 1. The lowest BCUT2D eigenvalue weighted by atomic mass is 9.96. The lowest BCUT2D eigenvalue weighted by Crippen LogP contribution is -2.37. The molecular formula is C13H16N4OS. The van der Waals surface area contributed by atoms with Gasteiger partial charge < -0.3 is 4.90 Å². The molecule has 2 aromatic rings. The van der Waals surface area contributed by atoms with Crippen molar-refractivity contribution >= 4 is 17.2 Å². The van der Waals surface area contributed by atoms with E-state index in [1.54, 1.807) is 11.3 Å². The second-order valence-corrected chi connectivity index (χ2v) is 5.64. The number of likely N-dealkylation sites (tertiary alicyclic amines) is 1. The maximum absolute atomic E-state index is 12.2. The molecule has 0 atom stereocenters. The van der Waals surface area contributed by atoms with Gasteiger partial charge in [-0.15, -0.1) is 0 Å². The van der Waals surface area contributed by atoms with E-state index in [0.29, 0.717) is 5.92 Å². The molecule has 19 heavy (non-hydrogen) atoms. The maximum Gasteiger partial charge on any atom is 0.254 e. The number of aromatic amines is 1. The number of hydrogen-bond acceptors (Lipinski definition) is 4. The molecule has 0 aromatic carbocycles. The van der Waals surface area contributed by atoms with Gasteiger partial charge >= 0.3 is 0 Å². The van der Waals surface area contributed by atoms with Crippen molar-refractivity contribution in [3.8, 4) is 0 Å². The van der Waals surface area contributed by atoms with Gasteiger partial charge in [0.15, 0.2) is 5.82 Å². The van der Waals surface area contributed by atoms with Gasteiger partial charge in [0.05, 0.1) is 5.56 Å². The highest BCUT2D eigenvalue weighted by Gasteiger charge is 2.26. The second-order valence-electron chi connectivity index (χ2n) is 4.86. The van der Waals surface area contributed by atoms with E-state index in [4.69, 9.17) is 0 Å². The third-order valence-corrected chi connectivity index (χ3v) is 4.21. The van der Waals surface area contributed by atoms with Crippen molar-refractivity contribution < 1.29 is 4.79 Å². The van der Waals surface area contributed by atoms with Crippen LogP contribution in [0.1, 0.15) is 40.8 Å². The number of amides is 1. The molecule has 100 valence electrons. The first-order valence-electron chi connectivity index (χ1n) is 6.44. The fourth-order valence-corrected chi connectivity index (χ4v) is 3.08. The van der Waals surface area contributed by atoms with Crippen LogP contribution in [0.2, 0.25) is 0 Å². The Morgan fingerprint density at radius 2 is 2.26 bits per heavy atom. The summed E-state index contributed by atoms with van der Waals surface area (Å²) in [5, 5.41) is 11.0. The average molecular weight is 276 g/mol. The van der Waals surface area contributed by atoms with Crippen LogP contribution in [0, 0.1) is 6.92 Å². The molecule has 1 amide bonds. The molecule has 0 saturated carbocycles. The van der Waals surface area contributed by atoms with Gasteiger partial charge in [0.2, 0.25) is 0 Å². The third-order valence-electron chi connectivity index (χ3n) is 3.53. The Morgan fingerprint density at radius 1 is 1.47 bits per heavy atom. The molecule has 0 bridgehead atoms. The van der Waals surface area contributed by atoms with E-state index in [9.17, 15) is 4.79 Å². The topological polar surface area (TPSA) is 61.9 Å². The smallest absolute Gasteiger partial charge is 0.254 e. The molecule has 0 unspecified atom stereocenters. The van der Waals surface area contributed by atoms with Crippen LogP contribution < -0.4 is 0 Å². The predicted molar refractivity (Wildman–Crippen MR) is 73.3 cm³/mol. The van der Waals surface area contributed by atoms with Crippen LogP contribution in [0.5, 0.6) is 0 Å². The van der Waals surface area contributed by atoms with E-state index in [0.717, 1.165) is 43.1 Å². The molecule has 1 fully saturated rings. The monoisotopic (exact) mass is 276 g/mol. The summed E-state index contributed by atoms with van der Waals surface area (Å²) in [6, 6.07) is 1.89. The predicted octanol–water partition coefficient (Wildman–Crippen LogP) is 2.19. The number of H-pyrrole nitrogens is 1. The van der Waals surface area contributed by atoms with E-state index in [1.807, 2.05) is 28.7 Å². The van der Waals surface area contributed by atoms with Gasteiger partial charge in [-0.2, -0.15) is 16.4 Å². The average Bonchev–Trinajstić information content (AvgIpc) is 3.09. The minimum Gasteiger partial charge on any atom is -0.339 e. The maximum atomic E-state index is 12.2. The molecule has 2 aromatic heterocycles. The summed E-state index contributed by atoms with van der Waals surface area (Å²) < 4.78 is 0. The van der Waals surface area contributed by atoms with Gasteiger partial charge in [-0.1, -0.05) is 0 Å². The Balaban J connectivity index is 1.62. The minimum absolute atomic E-state index is 0.144. The van der Waals surface area contributed by atoms with Crippen LogP contribution in [0.15, 0.2) is 16.8 Å². The van der Waals surface area contributed by atoms with E-state index in [1.165, 1.54) is 0 Å². The molecule has 1 aliphatic heterocycles. The molecular weight excluding hydrogens is 260 g/mol. The second kappa shape index (κ2) is 5.13. The molecule has 3 rings (SSSR count). The SMILES string of the molecule is Cc1nc(C2CCN(C(=O)c3ccsc3)CC2)n[nH]1. The summed E-state index contributed by atoms with van der Waals surface area (Å²) in [5.74, 6) is 2.26. The molecule has 5 nitrogen and oxygen atoms in total. The van der Waals surface area contributed by atoms with Gasteiger partial charge in [-0.3, -0.25) is 9.89 Å². The number of hydrogen-bond donors (Lipinski definition) is 1. The Kier molecular flexibility index (Phi) is 3.33. The number of nitrogens with zero attached hydrogens (tertiary/aromatic N) is 3. The Hall–Kier alpha value is -1.69. The van der Waals surface area contributed by atoms with Gasteiger partial charge in [0.1, 0.15) is 5.82 Å². The van der Waals surface area contributed by atoms with Gasteiger partial charge in [0.25, 0.3) is 5.91 Å². The molecule has 0 aliphatic carbocycles. The third kappa shape index (κ3) is 2.53. The fraction of sp³-hybridized carbons (Fsp3) is 0.462. The number of thiophene rings is 1. The van der Waals surface area contributed by atoms with Gasteiger partial charge in [0, 0.05) is 24.4 Å². The van der Waals surface area contributed by atoms with Crippen molar-refractivity contribution in [1.82, 2.24) is 20.1 Å². The zero-order valence-electron chi connectivity index (χ0n) is 10.8. The number of carbonyl (C=O) groups is 1. The van der Waals surface area contributed by atoms with Crippen molar-refractivity contribution in [2.75, 3.05) is 13.1 Å². The molecule has 1 saturated heterocycles. The van der Waals surface area contributed by atoms with E-state index < -0.39 is 0 Å². The summed E-state index contributed by atoms with van der Waals surface area (Å²) in [7, 11) is 0. The first-order valence-corrected chi connectivity index (χ1v) is 7.38. The quantitative estimate of drug-likeness (QED) is 0.914. The van der Waals surface area contributed by atoms with E-state index in [2.05, 4.69) is 15.2 Å². The highest BCUT2D eigenvalue weighted by atomic mass is 32.1. The lowest BCUT2D eigenvalue weighted by Gasteiger charge is -2.30. The first-order chi connectivity index (χ1) is 9.24. The van der Waals surface area contributed by atoms with Crippen molar-refractivity contribution in [1.29, 1.82) is 0 Å². The minimum atomic E-state index is 0.144. The first kappa shape index (κ1) is 12.3. The standard InChI is InChI=1S/C13H16N4OS/c1-9-14-12(16-15-9)10-2-5-17(6-3-10)13(18)11-4-7-19-8-11/h4,7-8,10H,2-3,5-6H2,1H3,(H,14,15,16). The molecule has 0 radical (unpaired) electrons. The number of piperidine rings is 1. The number of nitrogens with one attached hydrogen (secondary N) is 1. The summed E-state index contributed by atoms with van der Waals surface area (Å²) in [6.45, 7) is 3.48. The fourth-order valence-electron chi connectivity index (χ4n) is 2.45. The van der Waals surface area contributed by atoms with Gasteiger partial charge in [-0.25, -0.2) is 4.98 Å². The number of carbonyl (C=O) groups excluding carboxylic acids is 1. The number of aromatic nitrogens is 3. The Bertz CT molecular complexity index is 555. The van der Waals surface area contributed by atoms with Crippen LogP contribution in [-0.4, -0.2) is 39.1 Å². The zero-order chi connectivity index (χ0) is 13.2. The summed E-state index contributed by atoms with van der Waals surface area (Å²) in [4.78, 5) is 18.5. The molecule has 3 heterocycles. The molecule has 1 N–H and O–H groups in total. The highest BCUT2D eigenvalue weighted by Crippen LogP contribution is 2.26. The highest BCUT2D eigenvalue weighted by molar-refractivity contribution is 7.08.